The van der Waals surface area contributed by atoms with Gasteiger partial charge < -0.3 is 11.1 Å². The molecule has 2 aromatic rings. The number of nitrogens with one attached hydrogen (secondary N) is 1. The molecule has 0 fully saturated rings. The van der Waals surface area contributed by atoms with Crippen molar-refractivity contribution in [1.29, 1.82) is 0 Å². The van der Waals surface area contributed by atoms with Gasteiger partial charge in [-0.15, -0.1) is 0 Å². The van der Waals surface area contributed by atoms with Crippen molar-refractivity contribution in [2.24, 2.45) is 0 Å². The molecule has 0 bridgehead atoms. The van der Waals surface area contributed by atoms with Gasteiger partial charge in [0.15, 0.2) is 17.5 Å². The summed E-state index contributed by atoms with van der Waals surface area (Å²) in [5.74, 6) is -4.68. The number of rotatable bonds is 4. The van der Waals surface area contributed by atoms with E-state index in [1.807, 2.05) is 6.07 Å². The highest BCUT2D eigenvalue weighted by molar-refractivity contribution is 5.90. The van der Waals surface area contributed by atoms with E-state index in [9.17, 15) is 18.0 Å². The fourth-order valence-corrected chi connectivity index (χ4v) is 1.86. The lowest BCUT2D eigenvalue weighted by Crippen LogP contribution is -2.13. The second-order valence-corrected chi connectivity index (χ2v) is 4.55. The lowest BCUT2D eigenvalue weighted by Gasteiger charge is -2.07. The fourth-order valence-electron chi connectivity index (χ4n) is 1.86. The first-order chi connectivity index (χ1) is 9.95. The minimum absolute atomic E-state index is 0.115. The van der Waals surface area contributed by atoms with Gasteiger partial charge in [-0.1, -0.05) is 12.1 Å². The standard InChI is InChI=1S/C15H13F3N2O/c16-12-7-11(8-13(17)15(12)18)20-14(21)5-4-9-2-1-3-10(19)6-9/h1-3,6-8H,4-5,19H2,(H,20,21). The van der Waals surface area contributed by atoms with Crippen LogP contribution in [-0.2, 0) is 11.2 Å². The molecule has 21 heavy (non-hydrogen) atoms. The number of benzene rings is 2. The summed E-state index contributed by atoms with van der Waals surface area (Å²) in [6.45, 7) is 0. The maximum atomic E-state index is 13.0. The average Bonchev–Trinajstić information content (AvgIpc) is 2.42. The van der Waals surface area contributed by atoms with Gasteiger partial charge in [-0.2, -0.15) is 0 Å². The highest BCUT2D eigenvalue weighted by Gasteiger charge is 2.12. The second-order valence-electron chi connectivity index (χ2n) is 4.55. The first-order valence-corrected chi connectivity index (χ1v) is 6.24. The fraction of sp³-hybridized carbons (Fsp3) is 0.133. The van der Waals surface area contributed by atoms with Crippen molar-refractivity contribution in [3.05, 3.63) is 59.4 Å². The summed E-state index contributed by atoms with van der Waals surface area (Å²) in [4.78, 5) is 11.7. The van der Waals surface area contributed by atoms with Crippen molar-refractivity contribution in [2.75, 3.05) is 11.1 Å². The summed E-state index contributed by atoms with van der Waals surface area (Å²) >= 11 is 0. The predicted molar refractivity (Wildman–Crippen MR) is 74.1 cm³/mol. The Bertz CT molecular complexity index is 651. The Morgan fingerprint density at radius 3 is 2.38 bits per heavy atom. The number of carbonyl (C=O) groups excluding carboxylic acids is 1. The molecule has 0 aliphatic carbocycles. The molecule has 0 saturated heterocycles. The van der Waals surface area contributed by atoms with Crippen LogP contribution in [0.2, 0.25) is 0 Å². The molecule has 0 saturated carbocycles. The van der Waals surface area contributed by atoms with E-state index in [4.69, 9.17) is 5.73 Å². The number of hydrogen-bond acceptors (Lipinski definition) is 2. The molecule has 3 nitrogen and oxygen atoms in total. The van der Waals surface area contributed by atoms with E-state index in [1.165, 1.54) is 0 Å². The highest BCUT2D eigenvalue weighted by Crippen LogP contribution is 2.18. The Morgan fingerprint density at radius 2 is 1.76 bits per heavy atom. The number of amides is 1. The smallest absolute Gasteiger partial charge is 0.224 e. The van der Waals surface area contributed by atoms with E-state index in [2.05, 4.69) is 5.32 Å². The van der Waals surface area contributed by atoms with Crippen LogP contribution in [0, 0.1) is 17.5 Å². The average molecular weight is 294 g/mol. The van der Waals surface area contributed by atoms with Crippen LogP contribution >= 0.6 is 0 Å². The molecular weight excluding hydrogens is 281 g/mol. The molecule has 6 heteroatoms. The molecule has 0 heterocycles. The maximum Gasteiger partial charge on any atom is 0.224 e. The van der Waals surface area contributed by atoms with Crippen molar-refractivity contribution in [2.45, 2.75) is 12.8 Å². The number of nitrogen functional groups attached to an aromatic ring is 1. The molecule has 2 aromatic carbocycles. The lowest BCUT2D eigenvalue weighted by atomic mass is 10.1. The Balaban J connectivity index is 1.96. The van der Waals surface area contributed by atoms with Gasteiger partial charge in [0.2, 0.25) is 5.91 Å². The van der Waals surface area contributed by atoms with E-state index < -0.39 is 23.4 Å². The monoisotopic (exact) mass is 294 g/mol. The van der Waals surface area contributed by atoms with E-state index in [0.717, 1.165) is 17.7 Å². The van der Waals surface area contributed by atoms with Gasteiger partial charge >= 0.3 is 0 Å². The second kappa shape index (κ2) is 6.30. The summed E-state index contributed by atoms with van der Waals surface area (Å²) in [6.07, 6.45) is 0.549. The van der Waals surface area contributed by atoms with Crippen LogP contribution in [0.1, 0.15) is 12.0 Å². The number of aryl methyl sites for hydroxylation is 1. The van der Waals surface area contributed by atoms with Gasteiger partial charge in [-0.3, -0.25) is 4.79 Å². The van der Waals surface area contributed by atoms with Crippen molar-refractivity contribution >= 4 is 17.3 Å². The van der Waals surface area contributed by atoms with Gasteiger partial charge in [0.05, 0.1) is 0 Å². The van der Waals surface area contributed by atoms with Gasteiger partial charge in [-0.25, -0.2) is 13.2 Å². The third-order valence-corrected chi connectivity index (χ3v) is 2.86. The molecule has 1 amide bonds. The van der Waals surface area contributed by atoms with Crippen LogP contribution in [0.5, 0.6) is 0 Å². The highest BCUT2D eigenvalue weighted by atomic mass is 19.2. The third kappa shape index (κ3) is 3.98. The Labute approximate surface area is 119 Å². The topological polar surface area (TPSA) is 55.1 Å². The molecule has 0 radical (unpaired) electrons. The summed E-state index contributed by atoms with van der Waals surface area (Å²) in [6, 6.07) is 8.53. The first kappa shape index (κ1) is 14.9. The number of hydrogen-bond donors (Lipinski definition) is 2. The van der Waals surface area contributed by atoms with Crippen LogP contribution in [0.15, 0.2) is 36.4 Å². The SMILES string of the molecule is Nc1cccc(CCC(=O)Nc2cc(F)c(F)c(F)c2)c1. The Kier molecular flexibility index (Phi) is 4.47. The normalized spacial score (nSPS) is 10.4. The predicted octanol–water partition coefficient (Wildman–Crippen LogP) is 3.26. The summed E-state index contributed by atoms with van der Waals surface area (Å²) in [7, 11) is 0. The van der Waals surface area contributed by atoms with Crippen LogP contribution < -0.4 is 11.1 Å². The van der Waals surface area contributed by atoms with Crippen LogP contribution in [0.3, 0.4) is 0 Å². The van der Waals surface area contributed by atoms with Gasteiger partial charge in [-0.05, 0) is 24.1 Å². The molecule has 0 atom stereocenters. The van der Waals surface area contributed by atoms with Crippen molar-refractivity contribution < 1.29 is 18.0 Å². The van der Waals surface area contributed by atoms with Crippen LogP contribution in [0.4, 0.5) is 24.5 Å². The van der Waals surface area contributed by atoms with E-state index in [0.29, 0.717) is 12.1 Å². The summed E-state index contributed by atoms with van der Waals surface area (Å²) in [5, 5.41) is 2.32. The van der Waals surface area contributed by atoms with Gasteiger partial charge in [0.1, 0.15) is 0 Å². The van der Waals surface area contributed by atoms with Crippen LogP contribution in [0.25, 0.3) is 0 Å². The summed E-state index contributed by atoms with van der Waals surface area (Å²) < 4.78 is 38.8. The minimum atomic E-state index is -1.56. The van der Waals surface area contributed by atoms with Gasteiger partial charge in [0, 0.05) is 29.9 Å². The zero-order valence-corrected chi connectivity index (χ0v) is 11.0. The first-order valence-electron chi connectivity index (χ1n) is 6.24. The molecule has 0 unspecified atom stereocenters. The number of nitrogens with two attached hydrogens (primary N) is 1. The molecule has 0 aromatic heterocycles. The van der Waals surface area contributed by atoms with Crippen molar-refractivity contribution in [3.8, 4) is 0 Å². The molecule has 0 aliphatic heterocycles. The molecule has 110 valence electrons. The quantitative estimate of drug-likeness (QED) is 0.671. The van der Waals surface area contributed by atoms with Gasteiger partial charge in [0.25, 0.3) is 0 Å². The third-order valence-electron chi connectivity index (χ3n) is 2.86. The molecule has 3 N–H and O–H groups in total. The largest absolute Gasteiger partial charge is 0.399 e. The minimum Gasteiger partial charge on any atom is -0.399 e. The van der Waals surface area contributed by atoms with Crippen molar-refractivity contribution in [3.63, 3.8) is 0 Å². The molecule has 0 spiro atoms. The number of anilines is 2. The summed E-state index contributed by atoms with van der Waals surface area (Å²) in [5.41, 5.74) is 6.96. The number of halogens is 3. The van der Waals surface area contributed by atoms with E-state index >= 15 is 0 Å². The van der Waals surface area contributed by atoms with E-state index in [-0.39, 0.29) is 12.1 Å². The van der Waals surface area contributed by atoms with Crippen LogP contribution in [-0.4, -0.2) is 5.91 Å². The number of carbonyl (C=O) groups is 1. The zero-order chi connectivity index (χ0) is 15.4. The van der Waals surface area contributed by atoms with E-state index in [1.54, 1.807) is 18.2 Å². The Hall–Kier alpha value is -2.50. The molecule has 2 rings (SSSR count). The lowest BCUT2D eigenvalue weighted by molar-refractivity contribution is -0.116. The Morgan fingerprint density at radius 1 is 1.10 bits per heavy atom. The molecular formula is C15H13F3N2O. The zero-order valence-electron chi connectivity index (χ0n) is 11.0. The van der Waals surface area contributed by atoms with Crippen molar-refractivity contribution in [1.82, 2.24) is 0 Å². The maximum absolute atomic E-state index is 13.0. The molecule has 0 aliphatic rings.